The van der Waals surface area contributed by atoms with Gasteiger partial charge in [0.15, 0.2) is 15.7 Å². The van der Waals surface area contributed by atoms with Crippen molar-refractivity contribution in [3.8, 4) is 11.5 Å². The van der Waals surface area contributed by atoms with Crippen LogP contribution in [0.5, 0.6) is 0 Å². The van der Waals surface area contributed by atoms with Crippen molar-refractivity contribution in [1.29, 1.82) is 0 Å². The molecule has 3 aromatic rings. The summed E-state index contributed by atoms with van der Waals surface area (Å²) in [6.07, 6.45) is -1.35. The highest BCUT2D eigenvalue weighted by Gasteiger charge is 2.32. The third-order valence-corrected chi connectivity index (χ3v) is 6.15. The Kier molecular flexibility index (Phi) is 6.19. The van der Waals surface area contributed by atoms with E-state index in [1.807, 2.05) is 0 Å². The van der Waals surface area contributed by atoms with Crippen molar-refractivity contribution < 1.29 is 21.6 Å². The van der Waals surface area contributed by atoms with Gasteiger partial charge in [-0.05, 0) is 49.1 Å². The normalized spacial score (nSPS) is 14.2. The first kappa shape index (κ1) is 23.2. The van der Waals surface area contributed by atoms with Gasteiger partial charge in [0.05, 0.1) is 4.90 Å². The van der Waals surface area contributed by atoms with Gasteiger partial charge >= 0.3 is 6.18 Å². The summed E-state index contributed by atoms with van der Waals surface area (Å²) in [6, 6.07) is 9.31. The molecule has 1 aliphatic rings. The maximum atomic E-state index is 13.1. The zero-order valence-electron chi connectivity index (χ0n) is 17.3. The van der Waals surface area contributed by atoms with E-state index in [0.717, 1.165) is 25.2 Å². The number of benzene rings is 1. The summed E-state index contributed by atoms with van der Waals surface area (Å²) < 4.78 is 63.2. The van der Waals surface area contributed by atoms with E-state index in [2.05, 4.69) is 25.6 Å². The number of anilines is 3. The summed E-state index contributed by atoms with van der Waals surface area (Å²) in [5, 5.41) is 6.33. The highest BCUT2D eigenvalue weighted by atomic mass is 35.5. The predicted octanol–water partition coefficient (Wildman–Crippen LogP) is 5.18. The molecule has 1 aromatic carbocycles. The van der Waals surface area contributed by atoms with Crippen molar-refractivity contribution in [2.75, 3.05) is 23.4 Å². The quantitative estimate of drug-likeness (QED) is 0.464. The Balaban J connectivity index is 1.72. The standard InChI is InChI=1S/C21H19ClF3N5O2S/c1-33(31,32)15-8-13(22)7-14(9-15)27-19-10-18(26-11-12-5-6-12)29-20(30-19)16-3-2-4-17(28-16)21(23,24)25/h2-4,7-10,12H,5-6,11H2,1H3,(H2,26,27,29,30). The Hall–Kier alpha value is -2.92. The molecule has 0 radical (unpaired) electrons. The first-order valence-electron chi connectivity index (χ1n) is 9.92. The number of hydrogen-bond donors (Lipinski definition) is 2. The number of pyridine rings is 1. The zero-order chi connectivity index (χ0) is 23.8. The van der Waals surface area contributed by atoms with Crippen molar-refractivity contribution in [2.45, 2.75) is 23.9 Å². The second kappa shape index (κ2) is 8.79. The molecule has 174 valence electrons. The highest BCUT2D eigenvalue weighted by molar-refractivity contribution is 7.90. The van der Waals surface area contributed by atoms with Crippen molar-refractivity contribution in [1.82, 2.24) is 15.0 Å². The molecule has 0 saturated heterocycles. The number of nitrogens with zero attached hydrogens (tertiary/aromatic N) is 3. The molecule has 1 aliphatic carbocycles. The summed E-state index contributed by atoms with van der Waals surface area (Å²) in [7, 11) is -3.52. The van der Waals surface area contributed by atoms with E-state index >= 15 is 0 Å². The minimum atomic E-state index is -4.61. The van der Waals surface area contributed by atoms with Crippen molar-refractivity contribution >= 4 is 38.8 Å². The van der Waals surface area contributed by atoms with Crippen molar-refractivity contribution in [3.63, 3.8) is 0 Å². The Morgan fingerprint density at radius 3 is 2.45 bits per heavy atom. The lowest BCUT2D eigenvalue weighted by molar-refractivity contribution is -0.141. The van der Waals surface area contributed by atoms with Gasteiger partial charge in [-0.2, -0.15) is 13.2 Å². The van der Waals surface area contributed by atoms with Crippen LogP contribution in [0.2, 0.25) is 5.02 Å². The molecular formula is C21H19ClF3N5O2S. The molecule has 0 aliphatic heterocycles. The minimum Gasteiger partial charge on any atom is -0.370 e. The van der Waals surface area contributed by atoms with Crippen LogP contribution in [0.15, 0.2) is 47.4 Å². The van der Waals surface area contributed by atoms with Crippen LogP contribution in [-0.4, -0.2) is 36.2 Å². The van der Waals surface area contributed by atoms with Crippen molar-refractivity contribution in [3.05, 3.63) is 53.2 Å². The lowest BCUT2D eigenvalue weighted by Crippen LogP contribution is -2.10. The third kappa shape index (κ3) is 6.11. The van der Waals surface area contributed by atoms with Crippen LogP contribution < -0.4 is 10.6 Å². The van der Waals surface area contributed by atoms with Gasteiger partial charge in [0, 0.05) is 29.6 Å². The van der Waals surface area contributed by atoms with Gasteiger partial charge in [0.25, 0.3) is 0 Å². The van der Waals surface area contributed by atoms with Crippen LogP contribution in [0.3, 0.4) is 0 Å². The molecule has 0 amide bonds. The molecule has 0 atom stereocenters. The molecule has 1 fully saturated rings. The Morgan fingerprint density at radius 2 is 1.79 bits per heavy atom. The number of hydrogen-bond acceptors (Lipinski definition) is 7. The van der Waals surface area contributed by atoms with Gasteiger partial charge in [-0.1, -0.05) is 17.7 Å². The van der Waals surface area contributed by atoms with Crippen LogP contribution in [0.1, 0.15) is 18.5 Å². The lowest BCUT2D eigenvalue weighted by atomic mass is 10.2. The molecule has 2 aromatic heterocycles. The zero-order valence-corrected chi connectivity index (χ0v) is 18.9. The average molecular weight is 498 g/mol. The smallest absolute Gasteiger partial charge is 0.370 e. The molecule has 2 N–H and O–H groups in total. The van der Waals surface area contributed by atoms with Gasteiger partial charge in [0.1, 0.15) is 23.0 Å². The molecular weight excluding hydrogens is 479 g/mol. The molecule has 0 unspecified atom stereocenters. The topological polar surface area (TPSA) is 96.9 Å². The SMILES string of the molecule is CS(=O)(=O)c1cc(Cl)cc(Nc2cc(NCC3CC3)nc(-c3cccc(C(F)(F)F)n3)n2)c1. The Bertz CT molecular complexity index is 1300. The second-order valence-electron chi connectivity index (χ2n) is 7.76. The molecule has 4 rings (SSSR count). The van der Waals surface area contributed by atoms with E-state index in [1.54, 1.807) is 6.07 Å². The van der Waals surface area contributed by atoms with E-state index in [-0.39, 0.29) is 27.3 Å². The van der Waals surface area contributed by atoms with Gasteiger partial charge < -0.3 is 10.6 Å². The first-order chi connectivity index (χ1) is 15.5. The second-order valence-corrected chi connectivity index (χ2v) is 10.2. The van der Waals surface area contributed by atoms with Crippen LogP contribution in [0.25, 0.3) is 11.5 Å². The fourth-order valence-electron chi connectivity index (χ4n) is 3.00. The number of nitrogens with one attached hydrogen (secondary N) is 2. The average Bonchev–Trinajstić information content (AvgIpc) is 3.55. The molecule has 12 heteroatoms. The summed E-state index contributed by atoms with van der Waals surface area (Å²) in [4.78, 5) is 12.3. The lowest BCUT2D eigenvalue weighted by Gasteiger charge is -2.13. The Labute approximate surface area is 193 Å². The molecule has 1 saturated carbocycles. The predicted molar refractivity (Wildman–Crippen MR) is 119 cm³/mol. The Morgan fingerprint density at radius 1 is 1.06 bits per heavy atom. The number of rotatable bonds is 7. The largest absolute Gasteiger partial charge is 0.433 e. The number of sulfone groups is 1. The van der Waals surface area contributed by atoms with E-state index in [9.17, 15) is 21.6 Å². The highest BCUT2D eigenvalue weighted by Crippen LogP contribution is 2.31. The molecule has 0 bridgehead atoms. The molecule has 2 heterocycles. The van der Waals surface area contributed by atoms with Crippen LogP contribution in [0, 0.1) is 5.92 Å². The summed E-state index contributed by atoms with van der Waals surface area (Å²) in [5.74, 6) is 1.14. The van der Waals surface area contributed by atoms with Crippen molar-refractivity contribution in [2.24, 2.45) is 5.92 Å². The number of alkyl halides is 3. The van der Waals surface area contributed by atoms with Gasteiger partial charge in [-0.25, -0.2) is 23.4 Å². The monoisotopic (exact) mass is 497 g/mol. The third-order valence-electron chi connectivity index (χ3n) is 4.84. The molecule has 0 spiro atoms. The fraction of sp³-hybridized carbons (Fsp3) is 0.286. The van der Waals surface area contributed by atoms with E-state index in [1.165, 1.54) is 30.3 Å². The van der Waals surface area contributed by atoms with Gasteiger partial charge in [0.2, 0.25) is 0 Å². The molecule has 33 heavy (non-hydrogen) atoms. The van der Waals surface area contributed by atoms with Crippen LogP contribution in [-0.2, 0) is 16.0 Å². The first-order valence-corrected chi connectivity index (χ1v) is 12.2. The summed E-state index contributed by atoms with van der Waals surface area (Å²) >= 11 is 6.07. The van der Waals surface area contributed by atoms with Crippen LogP contribution >= 0.6 is 11.6 Å². The maximum Gasteiger partial charge on any atom is 0.433 e. The fourth-order valence-corrected chi connectivity index (χ4v) is 3.98. The van der Waals surface area contributed by atoms with E-state index in [0.29, 0.717) is 24.0 Å². The maximum absolute atomic E-state index is 13.1. The van der Waals surface area contributed by atoms with Crippen LogP contribution in [0.4, 0.5) is 30.5 Å². The number of aromatic nitrogens is 3. The summed E-state index contributed by atoms with van der Waals surface area (Å²) in [6.45, 7) is 0.668. The van der Waals surface area contributed by atoms with Gasteiger partial charge in [-0.3, -0.25) is 0 Å². The molecule has 7 nitrogen and oxygen atoms in total. The van der Waals surface area contributed by atoms with E-state index in [4.69, 9.17) is 11.6 Å². The number of halogens is 4. The van der Waals surface area contributed by atoms with Gasteiger partial charge in [-0.15, -0.1) is 0 Å². The summed E-state index contributed by atoms with van der Waals surface area (Å²) in [5.41, 5.74) is -0.759. The minimum absolute atomic E-state index is 0.0124. The van der Waals surface area contributed by atoms with E-state index < -0.39 is 21.7 Å².